The van der Waals surface area contributed by atoms with Crippen LogP contribution in [0.5, 0.6) is 5.75 Å². The first kappa shape index (κ1) is 30.7. The Balaban J connectivity index is 2.27. The van der Waals surface area contributed by atoms with Crippen molar-refractivity contribution in [1.29, 1.82) is 0 Å². The Bertz CT molecular complexity index is 1180. The Kier molecular flexibility index (Phi) is 12.0. The van der Waals surface area contributed by atoms with Crippen LogP contribution in [0.25, 0.3) is 0 Å². The first-order valence-electron chi connectivity index (χ1n) is 12.2. The molecule has 11 heteroatoms. The lowest BCUT2D eigenvalue weighted by atomic mass is 10.1. The number of ether oxygens (including phenoxy) is 1. The molecule has 0 saturated carbocycles. The van der Waals surface area contributed by atoms with Crippen LogP contribution in [-0.2, 0) is 26.2 Å². The van der Waals surface area contributed by atoms with Crippen molar-refractivity contribution in [2.75, 3.05) is 30.3 Å². The van der Waals surface area contributed by atoms with E-state index in [1.807, 2.05) is 20.8 Å². The maximum atomic E-state index is 13.5. The van der Waals surface area contributed by atoms with Gasteiger partial charge in [0, 0.05) is 36.1 Å². The molecule has 8 nitrogen and oxygen atoms in total. The van der Waals surface area contributed by atoms with Crippen molar-refractivity contribution in [2.45, 2.75) is 52.6 Å². The molecule has 0 bridgehead atoms. The van der Waals surface area contributed by atoms with Gasteiger partial charge in [-0.05, 0) is 56.5 Å². The summed E-state index contributed by atoms with van der Waals surface area (Å²) in [5.41, 5.74) is 1.07. The Morgan fingerprint density at radius 3 is 2.38 bits per heavy atom. The Hall–Kier alpha value is -2.49. The molecular formula is C26H35Cl2N3O5S. The smallest absolute Gasteiger partial charge is 0.242 e. The lowest BCUT2D eigenvalue weighted by Crippen LogP contribution is -2.49. The van der Waals surface area contributed by atoms with E-state index in [1.54, 1.807) is 42.5 Å². The van der Waals surface area contributed by atoms with Gasteiger partial charge in [0.05, 0.1) is 18.6 Å². The monoisotopic (exact) mass is 571 g/mol. The number of amides is 2. The first-order valence-corrected chi connectivity index (χ1v) is 14.8. The number of likely N-dealkylation sites (N-methyl/N-ethyl adjacent to an activating group) is 1. The molecule has 204 valence electrons. The van der Waals surface area contributed by atoms with Crippen LogP contribution in [0.1, 0.15) is 45.6 Å². The van der Waals surface area contributed by atoms with Gasteiger partial charge in [-0.1, -0.05) is 48.3 Å². The summed E-state index contributed by atoms with van der Waals surface area (Å²) in [6.07, 6.45) is 1.79. The van der Waals surface area contributed by atoms with E-state index in [1.165, 1.54) is 9.21 Å². The van der Waals surface area contributed by atoms with E-state index in [9.17, 15) is 18.0 Å². The molecule has 0 fully saturated rings. The summed E-state index contributed by atoms with van der Waals surface area (Å²) >= 11 is 12.4. The molecule has 0 heterocycles. The molecule has 2 aromatic carbocycles. The van der Waals surface area contributed by atoms with Crippen LogP contribution in [0.2, 0.25) is 10.0 Å². The summed E-state index contributed by atoms with van der Waals surface area (Å²) in [4.78, 5) is 27.7. The van der Waals surface area contributed by atoms with Gasteiger partial charge < -0.3 is 15.0 Å². The molecule has 0 saturated heterocycles. The summed E-state index contributed by atoms with van der Waals surface area (Å²) < 4.78 is 32.1. The highest BCUT2D eigenvalue weighted by Gasteiger charge is 2.29. The van der Waals surface area contributed by atoms with Crippen LogP contribution in [0.15, 0.2) is 42.5 Å². The molecule has 0 radical (unpaired) electrons. The Labute approximate surface area is 229 Å². The minimum absolute atomic E-state index is 0.0317. The minimum atomic E-state index is -3.64. The van der Waals surface area contributed by atoms with Crippen molar-refractivity contribution < 1.29 is 22.7 Å². The number of halogens is 2. The number of hydrogen-bond acceptors (Lipinski definition) is 5. The van der Waals surface area contributed by atoms with E-state index < -0.39 is 16.1 Å². The lowest BCUT2D eigenvalue weighted by Gasteiger charge is -2.31. The van der Waals surface area contributed by atoms with Crippen LogP contribution in [-0.4, -0.2) is 57.1 Å². The molecule has 1 atom stereocenters. The van der Waals surface area contributed by atoms with Crippen LogP contribution in [0.4, 0.5) is 5.69 Å². The zero-order valence-corrected chi connectivity index (χ0v) is 24.0. The molecule has 37 heavy (non-hydrogen) atoms. The van der Waals surface area contributed by atoms with E-state index in [-0.39, 0.29) is 37.7 Å². The third-order valence-corrected chi connectivity index (χ3v) is 7.45. The second kappa shape index (κ2) is 14.4. The molecule has 2 amide bonds. The molecular weight excluding hydrogens is 537 g/mol. The quantitative estimate of drug-likeness (QED) is 0.348. The minimum Gasteiger partial charge on any atom is -0.492 e. The SMILES string of the molecule is CCNC(=O)[C@H](CC)N(Cc1ccc(Cl)cc1Cl)C(=O)CCCN(c1ccccc1OCC)S(C)(=O)=O. The van der Waals surface area contributed by atoms with Gasteiger partial charge in [0.2, 0.25) is 21.8 Å². The largest absolute Gasteiger partial charge is 0.492 e. The van der Waals surface area contributed by atoms with Gasteiger partial charge in [-0.15, -0.1) is 0 Å². The molecule has 0 aliphatic carbocycles. The fourth-order valence-electron chi connectivity index (χ4n) is 3.97. The van der Waals surface area contributed by atoms with Crippen LogP contribution in [0.3, 0.4) is 0 Å². The fraction of sp³-hybridized carbons (Fsp3) is 0.462. The number of rotatable bonds is 14. The van der Waals surface area contributed by atoms with Gasteiger partial charge in [0.25, 0.3) is 0 Å². The number of hydrogen-bond donors (Lipinski definition) is 1. The number of nitrogens with zero attached hydrogens (tertiary/aromatic N) is 2. The molecule has 0 aromatic heterocycles. The maximum Gasteiger partial charge on any atom is 0.242 e. The van der Waals surface area contributed by atoms with Gasteiger partial charge in [0.15, 0.2) is 0 Å². The second-order valence-electron chi connectivity index (χ2n) is 8.42. The standard InChI is InChI=1S/C26H35Cl2N3O5S/c1-5-22(26(33)29-6-2)30(18-19-14-15-20(27)17-21(19)28)25(32)13-10-16-31(37(4,34)35)23-11-8-9-12-24(23)36-7-3/h8-9,11-12,14-15,17,22H,5-7,10,13,16,18H2,1-4H3,(H,29,33)/t22-/m0/s1. The van der Waals surface area contributed by atoms with E-state index in [2.05, 4.69) is 5.32 Å². The molecule has 0 aliphatic heterocycles. The predicted octanol–water partition coefficient (Wildman–Crippen LogP) is 4.88. The number of benzene rings is 2. The van der Waals surface area contributed by atoms with Gasteiger partial charge in [-0.2, -0.15) is 0 Å². The number of carbonyl (C=O) groups is 2. The van der Waals surface area contributed by atoms with E-state index in [4.69, 9.17) is 27.9 Å². The van der Waals surface area contributed by atoms with Crippen molar-refractivity contribution >= 4 is 50.7 Å². The zero-order valence-electron chi connectivity index (χ0n) is 21.7. The van der Waals surface area contributed by atoms with Crippen LogP contribution >= 0.6 is 23.2 Å². The van der Waals surface area contributed by atoms with E-state index in [0.29, 0.717) is 46.6 Å². The van der Waals surface area contributed by atoms with Crippen molar-refractivity contribution in [3.63, 3.8) is 0 Å². The summed E-state index contributed by atoms with van der Waals surface area (Å²) in [5, 5.41) is 3.65. The summed E-state index contributed by atoms with van der Waals surface area (Å²) in [5.74, 6) is -0.0921. The highest BCUT2D eigenvalue weighted by atomic mass is 35.5. The topological polar surface area (TPSA) is 96.0 Å². The summed E-state index contributed by atoms with van der Waals surface area (Å²) in [6, 6.07) is 11.2. The van der Waals surface area contributed by atoms with Gasteiger partial charge in [-0.3, -0.25) is 13.9 Å². The summed E-state index contributed by atoms with van der Waals surface area (Å²) in [7, 11) is -3.64. The second-order valence-corrected chi connectivity index (χ2v) is 11.2. The van der Waals surface area contributed by atoms with E-state index >= 15 is 0 Å². The lowest BCUT2D eigenvalue weighted by molar-refractivity contribution is -0.141. The third-order valence-electron chi connectivity index (χ3n) is 5.68. The highest BCUT2D eigenvalue weighted by molar-refractivity contribution is 7.92. The average Bonchev–Trinajstić information content (AvgIpc) is 2.83. The first-order chi connectivity index (χ1) is 17.5. The van der Waals surface area contributed by atoms with Crippen molar-refractivity contribution in [1.82, 2.24) is 10.2 Å². The third kappa shape index (κ3) is 8.79. The molecule has 0 spiro atoms. The van der Waals surface area contributed by atoms with Gasteiger partial charge in [-0.25, -0.2) is 8.42 Å². The number of carbonyl (C=O) groups excluding carboxylic acids is 2. The fourth-order valence-corrected chi connectivity index (χ4v) is 5.41. The normalized spacial score (nSPS) is 12.1. The number of anilines is 1. The zero-order chi connectivity index (χ0) is 27.6. The number of para-hydroxylation sites is 2. The summed E-state index contributed by atoms with van der Waals surface area (Å²) in [6.45, 7) is 6.47. The number of sulfonamides is 1. The van der Waals surface area contributed by atoms with Gasteiger partial charge >= 0.3 is 0 Å². The predicted molar refractivity (Wildman–Crippen MR) is 149 cm³/mol. The molecule has 0 unspecified atom stereocenters. The van der Waals surface area contributed by atoms with Crippen molar-refractivity contribution in [2.24, 2.45) is 0 Å². The molecule has 2 rings (SSSR count). The van der Waals surface area contributed by atoms with Crippen molar-refractivity contribution in [3.8, 4) is 5.75 Å². The molecule has 1 N–H and O–H groups in total. The Morgan fingerprint density at radius 1 is 1.08 bits per heavy atom. The Morgan fingerprint density at radius 2 is 1.78 bits per heavy atom. The number of nitrogens with one attached hydrogen (secondary N) is 1. The maximum absolute atomic E-state index is 13.5. The highest BCUT2D eigenvalue weighted by Crippen LogP contribution is 2.30. The van der Waals surface area contributed by atoms with Crippen LogP contribution < -0.4 is 14.4 Å². The van der Waals surface area contributed by atoms with Gasteiger partial charge in [0.1, 0.15) is 11.8 Å². The molecule has 2 aromatic rings. The van der Waals surface area contributed by atoms with Crippen LogP contribution in [0, 0.1) is 0 Å². The molecule has 0 aliphatic rings. The average molecular weight is 573 g/mol. The van der Waals surface area contributed by atoms with E-state index in [0.717, 1.165) is 6.26 Å². The van der Waals surface area contributed by atoms with Crippen molar-refractivity contribution in [3.05, 3.63) is 58.1 Å².